The summed E-state index contributed by atoms with van der Waals surface area (Å²) in [5.74, 6) is 1.78. The van der Waals surface area contributed by atoms with Crippen LogP contribution in [0.5, 0.6) is 5.75 Å². The Morgan fingerprint density at radius 2 is 2.22 bits per heavy atom. The molecule has 2 aromatic rings. The number of rotatable bonds is 5. The van der Waals surface area contributed by atoms with E-state index in [0.717, 1.165) is 16.0 Å². The van der Waals surface area contributed by atoms with Crippen molar-refractivity contribution in [1.82, 2.24) is 5.32 Å². The van der Waals surface area contributed by atoms with Crippen LogP contribution in [0.25, 0.3) is 0 Å². The van der Waals surface area contributed by atoms with Gasteiger partial charge in [0.2, 0.25) is 0 Å². The van der Waals surface area contributed by atoms with Crippen LogP contribution in [0, 0.1) is 0 Å². The standard InChI is InChI=1S/C14H16BrNO2/c1-10(11-4-3-5-12(8-11)17-2)16-9-14-13(15)6-7-18-14/h3-8,10,16H,9H2,1-2H3/t10-/m1/s1. The predicted molar refractivity (Wildman–Crippen MR) is 74.7 cm³/mol. The van der Waals surface area contributed by atoms with Gasteiger partial charge in [-0.3, -0.25) is 0 Å². The molecule has 1 aromatic carbocycles. The molecule has 0 amide bonds. The molecule has 0 saturated heterocycles. The molecular formula is C14H16BrNO2. The van der Waals surface area contributed by atoms with Gasteiger partial charge in [-0.15, -0.1) is 0 Å². The summed E-state index contributed by atoms with van der Waals surface area (Å²) < 4.78 is 11.6. The number of ether oxygens (including phenoxy) is 1. The Labute approximate surface area is 115 Å². The maximum atomic E-state index is 5.36. The third-order valence-electron chi connectivity index (χ3n) is 2.85. The van der Waals surface area contributed by atoms with Gasteiger partial charge in [-0.05, 0) is 46.6 Å². The lowest BCUT2D eigenvalue weighted by Gasteiger charge is -2.14. The van der Waals surface area contributed by atoms with Gasteiger partial charge in [0.25, 0.3) is 0 Å². The van der Waals surface area contributed by atoms with E-state index in [2.05, 4.69) is 34.2 Å². The Kier molecular flexibility index (Phi) is 4.44. The molecule has 1 atom stereocenters. The van der Waals surface area contributed by atoms with Crippen LogP contribution >= 0.6 is 15.9 Å². The summed E-state index contributed by atoms with van der Waals surface area (Å²) in [5, 5.41) is 3.41. The Hall–Kier alpha value is -1.26. The fourth-order valence-electron chi connectivity index (χ4n) is 1.73. The van der Waals surface area contributed by atoms with Gasteiger partial charge in [-0.25, -0.2) is 0 Å². The van der Waals surface area contributed by atoms with Crippen LogP contribution in [0.4, 0.5) is 0 Å². The molecule has 0 spiro atoms. The monoisotopic (exact) mass is 309 g/mol. The maximum Gasteiger partial charge on any atom is 0.131 e. The molecule has 3 nitrogen and oxygen atoms in total. The highest BCUT2D eigenvalue weighted by molar-refractivity contribution is 9.10. The minimum absolute atomic E-state index is 0.233. The fourth-order valence-corrected chi connectivity index (χ4v) is 2.07. The molecule has 0 aliphatic heterocycles. The molecule has 96 valence electrons. The van der Waals surface area contributed by atoms with Gasteiger partial charge >= 0.3 is 0 Å². The first-order valence-electron chi connectivity index (χ1n) is 5.80. The van der Waals surface area contributed by atoms with Crippen molar-refractivity contribution in [3.63, 3.8) is 0 Å². The van der Waals surface area contributed by atoms with E-state index >= 15 is 0 Å². The number of nitrogens with one attached hydrogen (secondary N) is 1. The van der Waals surface area contributed by atoms with E-state index < -0.39 is 0 Å². The number of hydrogen-bond acceptors (Lipinski definition) is 3. The van der Waals surface area contributed by atoms with Gasteiger partial charge in [-0.1, -0.05) is 12.1 Å². The van der Waals surface area contributed by atoms with Crippen LogP contribution in [0.15, 0.2) is 45.5 Å². The highest BCUT2D eigenvalue weighted by Crippen LogP contribution is 2.21. The summed E-state index contributed by atoms with van der Waals surface area (Å²) in [4.78, 5) is 0. The minimum atomic E-state index is 0.233. The zero-order valence-electron chi connectivity index (χ0n) is 10.4. The van der Waals surface area contributed by atoms with E-state index in [1.165, 1.54) is 5.56 Å². The average Bonchev–Trinajstić information content (AvgIpc) is 2.81. The van der Waals surface area contributed by atoms with E-state index in [9.17, 15) is 0 Å². The molecule has 0 aliphatic rings. The van der Waals surface area contributed by atoms with Gasteiger partial charge in [-0.2, -0.15) is 0 Å². The number of hydrogen-bond donors (Lipinski definition) is 1. The lowest BCUT2D eigenvalue weighted by Crippen LogP contribution is -2.17. The van der Waals surface area contributed by atoms with Crippen molar-refractivity contribution >= 4 is 15.9 Å². The van der Waals surface area contributed by atoms with Crippen LogP contribution in [0.1, 0.15) is 24.3 Å². The Morgan fingerprint density at radius 1 is 1.39 bits per heavy atom. The first kappa shape index (κ1) is 13.2. The van der Waals surface area contributed by atoms with E-state index in [-0.39, 0.29) is 6.04 Å². The van der Waals surface area contributed by atoms with Crippen LogP contribution in [0.2, 0.25) is 0 Å². The second-order valence-electron chi connectivity index (χ2n) is 4.07. The Morgan fingerprint density at radius 3 is 2.89 bits per heavy atom. The average molecular weight is 310 g/mol. The lowest BCUT2D eigenvalue weighted by molar-refractivity contribution is 0.412. The van der Waals surface area contributed by atoms with Crippen molar-refractivity contribution in [3.05, 3.63) is 52.4 Å². The molecule has 0 saturated carbocycles. The molecular weight excluding hydrogens is 294 g/mol. The molecule has 4 heteroatoms. The summed E-state index contributed by atoms with van der Waals surface area (Å²) >= 11 is 3.44. The highest BCUT2D eigenvalue weighted by Gasteiger charge is 2.08. The fraction of sp³-hybridized carbons (Fsp3) is 0.286. The number of benzene rings is 1. The summed E-state index contributed by atoms with van der Waals surface area (Å²) in [7, 11) is 1.68. The molecule has 2 rings (SSSR count). The first-order chi connectivity index (χ1) is 8.70. The topological polar surface area (TPSA) is 34.4 Å². The van der Waals surface area contributed by atoms with E-state index in [0.29, 0.717) is 6.54 Å². The SMILES string of the molecule is COc1cccc([C@@H](C)NCc2occc2Br)c1. The maximum absolute atomic E-state index is 5.36. The van der Waals surface area contributed by atoms with Crippen molar-refractivity contribution in [2.45, 2.75) is 19.5 Å². The van der Waals surface area contributed by atoms with Crippen molar-refractivity contribution in [3.8, 4) is 5.75 Å². The summed E-state index contributed by atoms with van der Waals surface area (Å²) in [6.45, 7) is 2.80. The second kappa shape index (κ2) is 6.07. The zero-order chi connectivity index (χ0) is 13.0. The van der Waals surface area contributed by atoms with E-state index in [4.69, 9.17) is 9.15 Å². The van der Waals surface area contributed by atoms with Crippen molar-refractivity contribution in [2.75, 3.05) is 7.11 Å². The third kappa shape index (κ3) is 3.15. The van der Waals surface area contributed by atoms with Crippen molar-refractivity contribution in [2.24, 2.45) is 0 Å². The summed E-state index contributed by atoms with van der Waals surface area (Å²) in [6.07, 6.45) is 1.68. The predicted octanol–water partition coefficient (Wildman–Crippen LogP) is 3.90. The zero-order valence-corrected chi connectivity index (χ0v) is 12.0. The van der Waals surface area contributed by atoms with Crippen LogP contribution in [-0.2, 0) is 6.54 Å². The molecule has 1 aromatic heterocycles. The lowest BCUT2D eigenvalue weighted by atomic mass is 10.1. The molecule has 0 aliphatic carbocycles. The summed E-state index contributed by atoms with van der Waals surface area (Å²) in [5.41, 5.74) is 1.19. The Balaban J connectivity index is 1.99. The largest absolute Gasteiger partial charge is 0.497 e. The number of halogens is 1. The van der Waals surface area contributed by atoms with Gasteiger partial charge < -0.3 is 14.5 Å². The molecule has 1 N–H and O–H groups in total. The minimum Gasteiger partial charge on any atom is -0.497 e. The number of furan rings is 1. The van der Waals surface area contributed by atoms with Crippen molar-refractivity contribution < 1.29 is 9.15 Å². The highest BCUT2D eigenvalue weighted by atomic mass is 79.9. The van der Waals surface area contributed by atoms with Crippen LogP contribution in [-0.4, -0.2) is 7.11 Å². The van der Waals surface area contributed by atoms with Crippen molar-refractivity contribution in [1.29, 1.82) is 0 Å². The third-order valence-corrected chi connectivity index (χ3v) is 3.56. The van der Waals surface area contributed by atoms with E-state index in [1.54, 1.807) is 13.4 Å². The van der Waals surface area contributed by atoms with Gasteiger partial charge in [0.05, 0.1) is 24.4 Å². The molecule has 0 fully saturated rings. The van der Waals surface area contributed by atoms with E-state index in [1.807, 2.05) is 24.3 Å². The molecule has 18 heavy (non-hydrogen) atoms. The molecule has 1 heterocycles. The molecule has 0 unspecified atom stereocenters. The van der Waals surface area contributed by atoms with Crippen LogP contribution in [0.3, 0.4) is 0 Å². The molecule has 0 bridgehead atoms. The Bertz CT molecular complexity index is 510. The van der Waals surface area contributed by atoms with Gasteiger partial charge in [0, 0.05) is 6.04 Å². The number of methoxy groups -OCH3 is 1. The normalized spacial score (nSPS) is 12.4. The van der Waals surface area contributed by atoms with Gasteiger partial charge in [0.1, 0.15) is 11.5 Å². The quantitative estimate of drug-likeness (QED) is 0.909. The smallest absolute Gasteiger partial charge is 0.131 e. The second-order valence-corrected chi connectivity index (χ2v) is 4.93. The first-order valence-corrected chi connectivity index (χ1v) is 6.59. The van der Waals surface area contributed by atoms with Crippen LogP contribution < -0.4 is 10.1 Å². The molecule has 0 radical (unpaired) electrons. The summed E-state index contributed by atoms with van der Waals surface area (Å²) in [6, 6.07) is 10.2. The van der Waals surface area contributed by atoms with Gasteiger partial charge in [0.15, 0.2) is 0 Å².